The van der Waals surface area contributed by atoms with Gasteiger partial charge in [-0.25, -0.2) is 0 Å². The molecule has 1 rings (SSSR count). The summed E-state index contributed by atoms with van der Waals surface area (Å²) in [6.45, 7) is 3.12. The summed E-state index contributed by atoms with van der Waals surface area (Å²) in [5.41, 5.74) is 0. The first-order valence-corrected chi connectivity index (χ1v) is 6.04. The predicted octanol–water partition coefficient (Wildman–Crippen LogP) is 1.82. The number of hydrogen-bond acceptors (Lipinski definition) is 3. The van der Waals surface area contributed by atoms with Gasteiger partial charge in [-0.2, -0.15) is 5.26 Å². The Bertz CT molecular complexity index is 204. The lowest BCUT2D eigenvalue weighted by atomic mass is 9.87. The van der Waals surface area contributed by atoms with Crippen molar-refractivity contribution in [2.45, 2.75) is 57.6 Å². The van der Waals surface area contributed by atoms with Gasteiger partial charge in [0.1, 0.15) is 0 Å². The van der Waals surface area contributed by atoms with Gasteiger partial charge in [-0.3, -0.25) is 0 Å². The third-order valence-electron chi connectivity index (χ3n) is 3.34. The number of aliphatic hydroxyl groups is 1. The summed E-state index contributed by atoms with van der Waals surface area (Å²) in [4.78, 5) is 0. The molecule has 86 valence electrons. The second kappa shape index (κ2) is 6.81. The molecule has 0 aliphatic heterocycles. The van der Waals surface area contributed by atoms with Gasteiger partial charge < -0.3 is 10.4 Å². The molecule has 0 saturated heterocycles. The van der Waals surface area contributed by atoms with Gasteiger partial charge in [-0.15, -0.1) is 0 Å². The number of nitriles is 1. The highest BCUT2D eigenvalue weighted by atomic mass is 16.3. The zero-order chi connectivity index (χ0) is 11.1. The molecule has 0 aromatic heterocycles. The van der Waals surface area contributed by atoms with Gasteiger partial charge in [0, 0.05) is 6.04 Å². The van der Waals surface area contributed by atoms with Crippen molar-refractivity contribution in [3.8, 4) is 6.07 Å². The molecule has 0 radical (unpaired) electrons. The molecule has 0 spiro atoms. The minimum atomic E-state index is -0.0673. The third-order valence-corrected chi connectivity index (χ3v) is 3.34. The molecule has 1 unspecified atom stereocenters. The van der Waals surface area contributed by atoms with Crippen LogP contribution >= 0.6 is 0 Å². The molecule has 0 bridgehead atoms. The average molecular weight is 210 g/mol. The highest BCUT2D eigenvalue weighted by Crippen LogP contribution is 2.23. The Morgan fingerprint density at radius 1 is 1.40 bits per heavy atom. The van der Waals surface area contributed by atoms with E-state index in [-0.39, 0.29) is 6.10 Å². The zero-order valence-corrected chi connectivity index (χ0v) is 9.58. The van der Waals surface area contributed by atoms with Gasteiger partial charge in [0.05, 0.1) is 18.6 Å². The molecule has 3 nitrogen and oxygen atoms in total. The fourth-order valence-corrected chi connectivity index (χ4v) is 2.15. The van der Waals surface area contributed by atoms with Crippen molar-refractivity contribution in [2.75, 3.05) is 6.54 Å². The number of nitrogens with zero attached hydrogens (tertiary/aromatic N) is 1. The first-order chi connectivity index (χ1) is 7.26. The lowest BCUT2D eigenvalue weighted by Crippen LogP contribution is -2.34. The number of rotatable bonds is 5. The Hall–Kier alpha value is -0.590. The normalized spacial score (nSPS) is 28.3. The van der Waals surface area contributed by atoms with Crippen LogP contribution in [0.5, 0.6) is 0 Å². The predicted molar refractivity (Wildman–Crippen MR) is 60.3 cm³/mol. The monoisotopic (exact) mass is 210 g/mol. The van der Waals surface area contributed by atoms with Crippen LogP contribution in [0.25, 0.3) is 0 Å². The summed E-state index contributed by atoms with van der Waals surface area (Å²) in [6, 6.07) is 2.56. The van der Waals surface area contributed by atoms with Gasteiger partial charge in [0.25, 0.3) is 0 Å². The molecule has 1 fully saturated rings. The van der Waals surface area contributed by atoms with Crippen LogP contribution in [-0.4, -0.2) is 23.8 Å². The van der Waals surface area contributed by atoms with Crippen LogP contribution in [0, 0.1) is 17.2 Å². The van der Waals surface area contributed by atoms with E-state index in [0.29, 0.717) is 18.4 Å². The fraction of sp³-hybridized carbons (Fsp3) is 0.917. The molecule has 0 aromatic rings. The maximum atomic E-state index is 9.37. The summed E-state index contributed by atoms with van der Waals surface area (Å²) in [5.74, 6) is 0.696. The third kappa shape index (κ3) is 4.63. The summed E-state index contributed by atoms with van der Waals surface area (Å²) >= 11 is 0. The topological polar surface area (TPSA) is 56.0 Å². The van der Waals surface area contributed by atoms with Gasteiger partial charge in [0.15, 0.2) is 0 Å². The van der Waals surface area contributed by atoms with E-state index in [0.717, 1.165) is 38.6 Å². The van der Waals surface area contributed by atoms with Crippen LogP contribution in [0.1, 0.15) is 45.4 Å². The smallest absolute Gasteiger partial charge is 0.0638 e. The number of aliphatic hydroxyl groups excluding tert-OH is 1. The van der Waals surface area contributed by atoms with Crippen LogP contribution < -0.4 is 5.32 Å². The number of hydrogen-bond donors (Lipinski definition) is 2. The summed E-state index contributed by atoms with van der Waals surface area (Å²) in [5, 5.41) is 21.4. The zero-order valence-electron chi connectivity index (χ0n) is 9.58. The largest absolute Gasteiger partial charge is 0.393 e. The van der Waals surface area contributed by atoms with Crippen molar-refractivity contribution in [3.63, 3.8) is 0 Å². The molecule has 1 saturated carbocycles. The van der Waals surface area contributed by atoms with Gasteiger partial charge >= 0.3 is 0 Å². The molecule has 1 aliphatic carbocycles. The Labute approximate surface area is 92.5 Å². The molecule has 0 amide bonds. The van der Waals surface area contributed by atoms with Gasteiger partial charge in [-0.05, 0) is 44.6 Å². The Morgan fingerprint density at radius 2 is 2.07 bits per heavy atom. The first kappa shape index (κ1) is 12.5. The Kier molecular flexibility index (Phi) is 5.67. The van der Waals surface area contributed by atoms with E-state index in [1.807, 2.05) is 0 Å². The lowest BCUT2D eigenvalue weighted by molar-refractivity contribution is 0.107. The minimum Gasteiger partial charge on any atom is -0.393 e. The van der Waals surface area contributed by atoms with Crippen LogP contribution in [0.15, 0.2) is 0 Å². The maximum absolute atomic E-state index is 9.37. The molecule has 15 heavy (non-hydrogen) atoms. The van der Waals surface area contributed by atoms with Gasteiger partial charge in [0.2, 0.25) is 0 Å². The van der Waals surface area contributed by atoms with Crippen molar-refractivity contribution in [1.29, 1.82) is 5.26 Å². The standard InChI is InChI=1S/C12H22N2O/c1-2-11(7-8-13)14-9-10-3-5-12(15)6-4-10/h10-12,14-15H,2-7,9H2,1H3. The van der Waals surface area contributed by atoms with E-state index >= 15 is 0 Å². The molecule has 0 heterocycles. The summed E-state index contributed by atoms with van der Waals surface area (Å²) in [7, 11) is 0. The van der Waals surface area contributed by atoms with Crippen LogP contribution in [0.2, 0.25) is 0 Å². The molecule has 0 aromatic carbocycles. The Morgan fingerprint density at radius 3 is 2.60 bits per heavy atom. The highest BCUT2D eigenvalue weighted by molar-refractivity contribution is 4.81. The van der Waals surface area contributed by atoms with E-state index in [9.17, 15) is 5.11 Å². The second-order valence-corrected chi connectivity index (χ2v) is 4.55. The minimum absolute atomic E-state index is 0.0673. The van der Waals surface area contributed by atoms with Crippen LogP contribution in [0.4, 0.5) is 0 Å². The van der Waals surface area contributed by atoms with E-state index < -0.39 is 0 Å². The second-order valence-electron chi connectivity index (χ2n) is 4.55. The highest BCUT2D eigenvalue weighted by Gasteiger charge is 2.19. The molecular formula is C12H22N2O. The quantitative estimate of drug-likeness (QED) is 0.727. The van der Waals surface area contributed by atoms with Crippen molar-refractivity contribution < 1.29 is 5.11 Å². The molecule has 3 heteroatoms. The lowest BCUT2D eigenvalue weighted by Gasteiger charge is -2.27. The maximum Gasteiger partial charge on any atom is 0.0638 e. The van der Waals surface area contributed by atoms with Crippen molar-refractivity contribution in [3.05, 3.63) is 0 Å². The average Bonchev–Trinajstić information content (AvgIpc) is 2.26. The van der Waals surface area contributed by atoms with Crippen molar-refractivity contribution in [2.24, 2.45) is 5.92 Å². The van der Waals surface area contributed by atoms with Gasteiger partial charge in [-0.1, -0.05) is 6.92 Å². The van der Waals surface area contributed by atoms with Crippen molar-refractivity contribution in [1.82, 2.24) is 5.32 Å². The summed E-state index contributed by atoms with van der Waals surface area (Å²) in [6.07, 6.45) is 5.69. The van der Waals surface area contributed by atoms with Crippen molar-refractivity contribution >= 4 is 0 Å². The first-order valence-electron chi connectivity index (χ1n) is 6.04. The van der Waals surface area contributed by atoms with E-state index in [2.05, 4.69) is 18.3 Å². The molecule has 1 atom stereocenters. The fourth-order valence-electron chi connectivity index (χ4n) is 2.15. The van der Waals surface area contributed by atoms with E-state index in [1.165, 1.54) is 0 Å². The molecule has 2 N–H and O–H groups in total. The van der Waals surface area contributed by atoms with Crippen LogP contribution in [-0.2, 0) is 0 Å². The molecular weight excluding hydrogens is 188 g/mol. The SMILES string of the molecule is CCC(CC#N)NCC1CCC(O)CC1. The molecule has 1 aliphatic rings. The Balaban J connectivity index is 2.16. The van der Waals surface area contributed by atoms with Crippen LogP contribution in [0.3, 0.4) is 0 Å². The number of nitrogens with one attached hydrogen (secondary N) is 1. The van der Waals surface area contributed by atoms with E-state index in [4.69, 9.17) is 5.26 Å². The van der Waals surface area contributed by atoms with E-state index in [1.54, 1.807) is 0 Å². The summed E-state index contributed by atoms with van der Waals surface area (Å²) < 4.78 is 0.